The average molecular weight is 306 g/mol. The maximum atomic E-state index is 12.8. The number of anilines is 1. The van der Waals surface area contributed by atoms with E-state index in [4.69, 9.17) is 10.00 Å². The van der Waals surface area contributed by atoms with Gasteiger partial charge in [-0.25, -0.2) is 0 Å². The summed E-state index contributed by atoms with van der Waals surface area (Å²) in [6.45, 7) is 3.79. The third kappa shape index (κ3) is 2.91. The Labute approximate surface area is 135 Å². The SMILES string of the molecule is C[C@@H]1Cc2ccccc2N1C(=O)[C@@H](C)Oc1cccc(C#N)c1. The third-order valence-corrected chi connectivity index (χ3v) is 4.07. The predicted octanol–water partition coefficient (Wildman–Crippen LogP) is 3.30. The lowest BCUT2D eigenvalue weighted by molar-refractivity contribution is -0.124. The minimum absolute atomic E-state index is 0.0650. The van der Waals surface area contributed by atoms with Crippen LogP contribution in [0.15, 0.2) is 48.5 Å². The van der Waals surface area contributed by atoms with Crippen molar-refractivity contribution in [3.63, 3.8) is 0 Å². The van der Waals surface area contributed by atoms with E-state index in [9.17, 15) is 4.79 Å². The Morgan fingerprint density at radius 3 is 2.87 bits per heavy atom. The lowest BCUT2D eigenvalue weighted by Gasteiger charge is -2.26. The summed E-state index contributed by atoms with van der Waals surface area (Å²) in [6, 6.07) is 17.0. The molecule has 1 heterocycles. The predicted molar refractivity (Wildman–Crippen MR) is 88.3 cm³/mol. The van der Waals surface area contributed by atoms with Gasteiger partial charge in [0.05, 0.1) is 11.6 Å². The largest absolute Gasteiger partial charge is 0.481 e. The zero-order valence-electron chi connectivity index (χ0n) is 13.2. The molecule has 23 heavy (non-hydrogen) atoms. The molecule has 116 valence electrons. The van der Waals surface area contributed by atoms with Crippen molar-refractivity contribution in [1.29, 1.82) is 5.26 Å². The first-order chi connectivity index (χ1) is 11.1. The molecule has 3 rings (SSSR count). The van der Waals surface area contributed by atoms with Gasteiger partial charge in [-0.3, -0.25) is 4.79 Å². The molecule has 0 unspecified atom stereocenters. The summed E-state index contributed by atoms with van der Waals surface area (Å²) in [6.07, 6.45) is 0.246. The summed E-state index contributed by atoms with van der Waals surface area (Å²) in [5, 5.41) is 8.94. The number of carbonyl (C=O) groups excluding carboxylic acids is 1. The third-order valence-electron chi connectivity index (χ3n) is 4.07. The second-order valence-electron chi connectivity index (χ2n) is 5.79. The first kappa shape index (κ1) is 15.1. The molecular formula is C19H18N2O2. The van der Waals surface area contributed by atoms with Crippen molar-refractivity contribution in [1.82, 2.24) is 0 Å². The number of ether oxygens (including phenoxy) is 1. The molecule has 1 aliphatic heterocycles. The summed E-state index contributed by atoms with van der Waals surface area (Å²) in [4.78, 5) is 14.6. The van der Waals surface area contributed by atoms with Crippen molar-refractivity contribution in [2.45, 2.75) is 32.4 Å². The zero-order chi connectivity index (χ0) is 16.4. The van der Waals surface area contributed by atoms with E-state index in [1.165, 1.54) is 5.56 Å². The number of carbonyl (C=O) groups is 1. The van der Waals surface area contributed by atoms with E-state index in [-0.39, 0.29) is 11.9 Å². The van der Waals surface area contributed by atoms with Crippen LogP contribution in [-0.2, 0) is 11.2 Å². The van der Waals surface area contributed by atoms with Crippen molar-refractivity contribution in [3.05, 3.63) is 59.7 Å². The van der Waals surface area contributed by atoms with Gasteiger partial charge >= 0.3 is 0 Å². The fraction of sp³-hybridized carbons (Fsp3) is 0.263. The van der Waals surface area contributed by atoms with Gasteiger partial charge < -0.3 is 9.64 Å². The van der Waals surface area contributed by atoms with Crippen LogP contribution < -0.4 is 9.64 Å². The first-order valence-corrected chi connectivity index (χ1v) is 7.68. The second-order valence-corrected chi connectivity index (χ2v) is 5.79. The van der Waals surface area contributed by atoms with Gasteiger partial charge in [0.15, 0.2) is 6.10 Å². The van der Waals surface area contributed by atoms with Crippen molar-refractivity contribution in [2.75, 3.05) is 4.90 Å². The van der Waals surface area contributed by atoms with Crippen LogP contribution in [0.5, 0.6) is 5.75 Å². The molecule has 1 aliphatic rings. The summed E-state index contributed by atoms with van der Waals surface area (Å²) in [5.41, 5.74) is 2.67. The van der Waals surface area contributed by atoms with Crippen molar-refractivity contribution >= 4 is 11.6 Å². The fourth-order valence-electron chi connectivity index (χ4n) is 2.99. The molecule has 0 saturated heterocycles. The first-order valence-electron chi connectivity index (χ1n) is 7.68. The lowest BCUT2D eigenvalue weighted by Crippen LogP contribution is -2.43. The van der Waals surface area contributed by atoms with E-state index < -0.39 is 6.10 Å². The molecular weight excluding hydrogens is 288 g/mol. The quantitative estimate of drug-likeness (QED) is 0.874. The summed E-state index contributed by atoms with van der Waals surface area (Å²) in [5.74, 6) is 0.467. The molecule has 0 bridgehead atoms. The van der Waals surface area contributed by atoms with Crippen LogP contribution in [0.4, 0.5) is 5.69 Å². The molecule has 0 spiro atoms. The molecule has 2 atom stereocenters. The Morgan fingerprint density at radius 2 is 2.09 bits per heavy atom. The van der Waals surface area contributed by atoms with Crippen LogP contribution in [0.1, 0.15) is 25.0 Å². The number of rotatable bonds is 3. The fourth-order valence-corrected chi connectivity index (χ4v) is 2.99. The number of amides is 1. The molecule has 2 aromatic rings. The van der Waals surface area contributed by atoms with E-state index in [1.807, 2.05) is 30.0 Å². The van der Waals surface area contributed by atoms with Gasteiger partial charge in [0.1, 0.15) is 5.75 Å². The Balaban J connectivity index is 1.79. The highest BCUT2D eigenvalue weighted by molar-refractivity contribution is 5.99. The Bertz CT molecular complexity index is 779. The normalized spacial score (nSPS) is 17.3. The van der Waals surface area contributed by atoms with Crippen LogP contribution in [0, 0.1) is 11.3 Å². The molecule has 0 aromatic heterocycles. The van der Waals surface area contributed by atoms with Crippen LogP contribution in [-0.4, -0.2) is 18.1 Å². The molecule has 4 nitrogen and oxygen atoms in total. The van der Waals surface area contributed by atoms with Gasteiger partial charge in [-0.05, 0) is 50.1 Å². The van der Waals surface area contributed by atoms with Crippen molar-refractivity contribution in [2.24, 2.45) is 0 Å². The molecule has 0 radical (unpaired) electrons. The smallest absolute Gasteiger partial charge is 0.268 e. The minimum Gasteiger partial charge on any atom is -0.481 e. The van der Waals surface area contributed by atoms with E-state index in [1.54, 1.807) is 31.2 Å². The van der Waals surface area contributed by atoms with E-state index in [2.05, 4.69) is 12.1 Å². The molecule has 0 saturated carbocycles. The highest BCUT2D eigenvalue weighted by Gasteiger charge is 2.33. The van der Waals surface area contributed by atoms with Gasteiger partial charge in [0, 0.05) is 11.7 Å². The summed E-state index contributed by atoms with van der Waals surface area (Å²) >= 11 is 0. The average Bonchev–Trinajstić information content (AvgIpc) is 2.90. The van der Waals surface area contributed by atoms with E-state index in [0.29, 0.717) is 11.3 Å². The standard InChI is InChI=1S/C19H18N2O2/c1-13-10-16-7-3-4-9-18(16)21(13)19(22)14(2)23-17-8-5-6-15(11-17)12-20/h3-9,11,13-14H,10H2,1-2H3/t13-,14-/m1/s1. The second kappa shape index (κ2) is 6.13. The Hall–Kier alpha value is -2.80. The topological polar surface area (TPSA) is 53.3 Å². The number of hydrogen-bond acceptors (Lipinski definition) is 3. The highest BCUT2D eigenvalue weighted by atomic mass is 16.5. The number of nitriles is 1. The van der Waals surface area contributed by atoms with Crippen molar-refractivity contribution in [3.8, 4) is 11.8 Å². The molecule has 0 aliphatic carbocycles. The molecule has 0 N–H and O–H groups in total. The van der Waals surface area contributed by atoms with Gasteiger partial charge in [-0.1, -0.05) is 24.3 Å². The number of hydrogen-bond donors (Lipinski definition) is 0. The number of benzene rings is 2. The lowest BCUT2D eigenvalue weighted by atomic mass is 10.1. The number of para-hydroxylation sites is 1. The molecule has 2 aromatic carbocycles. The summed E-state index contributed by atoms with van der Waals surface area (Å²) in [7, 11) is 0. The molecule has 4 heteroatoms. The number of nitrogens with zero attached hydrogens (tertiary/aromatic N) is 2. The van der Waals surface area contributed by atoms with Gasteiger partial charge in [0.2, 0.25) is 0 Å². The Kier molecular flexibility index (Phi) is 4.03. The van der Waals surface area contributed by atoms with Gasteiger partial charge in [-0.15, -0.1) is 0 Å². The summed E-state index contributed by atoms with van der Waals surface area (Å²) < 4.78 is 5.75. The Morgan fingerprint density at radius 1 is 1.30 bits per heavy atom. The monoisotopic (exact) mass is 306 g/mol. The number of fused-ring (bicyclic) bond motifs is 1. The van der Waals surface area contributed by atoms with Crippen LogP contribution in [0.2, 0.25) is 0 Å². The van der Waals surface area contributed by atoms with Gasteiger partial charge in [-0.2, -0.15) is 5.26 Å². The molecule has 0 fully saturated rings. The minimum atomic E-state index is -0.613. The van der Waals surface area contributed by atoms with Crippen LogP contribution in [0.25, 0.3) is 0 Å². The van der Waals surface area contributed by atoms with Gasteiger partial charge in [0.25, 0.3) is 5.91 Å². The highest BCUT2D eigenvalue weighted by Crippen LogP contribution is 2.32. The maximum absolute atomic E-state index is 12.8. The van der Waals surface area contributed by atoms with Crippen molar-refractivity contribution < 1.29 is 9.53 Å². The van der Waals surface area contributed by atoms with E-state index in [0.717, 1.165) is 12.1 Å². The molecule has 1 amide bonds. The van der Waals surface area contributed by atoms with E-state index >= 15 is 0 Å². The maximum Gasteiger partial charge on any atom is 0.268 e. The van der Waals surface area contributed by atoms with Crippen LogP contribution in [0.3, 0.4) is 0 Å². The zero-order valence-corrected chi connectivity index (χ0v) is 13.2. The van der Waals surface area contributed by atoms with Crippen LogP contribution >= 0.6 is 0 Å².